The highest BCUT2D eigenvalue weighted by molar-refractivity contribution is 6.04. The fourth-order valence-corrected chi connectivity index (χ4v) is 1.46. The number of aromatic nitrogens is 2. The number of benzene rings is 1. The van der Waals surface area contributed by atoms with Crippen molar-refractivity contribution in [1.82, 2.24) is 10.2 Å². The third-order valence-corrected chi connectivity index (χ3v) is 2.37. The maximum Gasteiger partial charge on any atom is 0.256 e. The van der Waals surface area contributed by atoms with Gasteiger partial charge in [0.1, 0.15) is 11.5 Å². The van der Waals surface area contributed by atoms with Gasteiger partial charge in [-0.05, 0) is 12.1 Å². The summed E-state index contributed by atoms with van der Waals surface area (Å²) in [4.78, 5) is 12.0. The SMILES string of the molecule is COc1cc(OC)cc(C(=O)Nc2cn[nH]c2)c1. The van der Waals surface area contributed by atoms with Crippen molar-refractivity contribution in [2.24, 2.45) is 0 Å². The monoisotopic (exact) mass is 247 g/mol. The Labute approximate surface area is 104 Å². The van der Waals surface area contributed by atoms with E-state index >= 15 is 0 Å². The first-order chi connectivity index (χ1) is 8.72. The highest BCUT2D eigenvalue weighted by atomic mass is 16.5. The van der Waals surface area contributed by atoms with Crippen molar-refractivity contribution in [3.63, 3.8) is 0 Å². The van der Waals surface area contributed by atoms with Crippen LogP contribution in [0.1, 0.15) is 10.4 Å². The molecule has 2 rings (SSSR count). The molecule has 0 saturated carbocycles. The predicted molar refractivity (Wildman–Crippen MR) is 66.1 cm³/mol. The Hall–Kier alpha value is -2.50. The van der Waals surface area contributed by atoms with E-state index in [1.807, 2.05) is 0 Å². The van der Waals surface area contributed by atoms with Crippen LogP contribution in [0.2, 0.25) is 0 Å². The predicted octanol–water partition coefficient (Wildman–Crippen LogP) is 1.68. The molecule has 0 fully saturated rings. The number of anilines is 1. The number of nitrogens with zero attached hydrogens (tertiary/aromatic N) is 1. The van der Waals surface area contributed by atoms with E-state index in [4.69, 9.17) is 9.47 Å². The molecule has 2 aromatic rings. The summed E-state index contributed by atoms with van der Waals surface area (Å²) in [5.41, 5.74) is 1.05. The lowest BCUT2D eigenvalue weighted by Crippen LogP contribution is -2.11. The van der Waals surface area contributed by atoms with Crippen molar-refractivity contribution in [3.05, 3.63) is 36.2 Å². The molecule has 0 radical (unpaired) electrons. The topological polar surface area (TPSA) is 76.2 Å². The number of hydrogen-bond donors (Lipinski definition) is 2. The number of methoxy groups -OCH3 is 2. The second-order valence-corrected chi connectivity index (χ2v) is 3.54. The zero-order valence-electron chi connectivity index (χ0n) is 10.1. The number of rotatable bonds is 4. The van der Waals surface area contributed by atoms with Gasteiger partial charge in [0.25, 0.3) is 5.91 Å². The van der Waals surface area contributed by atoms with Crippen LogP contribution in [-0.4, -0.2) is 30.3 Å². The van der Waals surface area contributed by atoms with E-state index in [0.717, 1.165) is 0 Å². The van der Waals surface area contributed by atoms with Gasteiger partial charge in [0, 0.05) is 17.8 Å². The second-order valence-electron chi connectivity index (χ2n) is 3.54. The Kier molecular flexibility index (Phi) is 3.47. The summed E-state index contributed by atoms with van der Waals surface area (Å²) >= 11 is 0. The van der Waals surface area contributed by atoms with Crippen molar-refractivity contribution in [1.29, 1.82) is 0 Å². The number of amides is 1. The maximum absolute atomic E-state index is 12.0. The first kappa shape index (κ1) is 12.0. The van der Waals surface area contributed by atoms with Gasteiger partial charge in [-0.1, -0.05) is 0 Å². The molecule has 0 atom stereocenters. The molecule has 0 bridgehead atoms. The summed E-state index contributed by atoms with van der Waals surface area (Å²) in [7, 11) is 3.07. The fraction of sp³-hybridized carbons (Fsp3) is 0.167. The molecule has 0 unspecified atom stereocenters. The molecule has 0 aliphatic carbocycles. The molecule has 0 saturated heterocycles. The summed E-state index contributed by atoms with van der Waals surface area (Å²) < 4.78 is 10.2. The van der Waals surface area contributed by atoms with Gasteiger partial charge in [0.15, 0.2) is 0 Å². The number of aromatic amines is 1. The van der Waals surface area contributed by atoms with E-state index in [9.17, 15) is 4.79 Å². The van der Waals surface area contributed by atoms with E-state index in [-0.39, 0.29) is 5.91 Å². The molecular formula is C12H13N3O3. The van der Waals surface area contributed by atoms with Crippen LogP contribution in [0.25, 0.3) is 0 Å². The molecule has 1 heterocycles. The smallest absolute Gasteiger partial charge is 0.256 e. The molecule has 0 aliphatic heterocycles. The number of H-pyrrole nitrogens is 1. The zero-order chi connectivity index (χ0) is 13.0. The zero-order valence-corrected chi connectivity index (χ0v) is 10.1. The first-order valence-electron chi connectivity index (χ1n) is 5.26. The average Bonchev–Trinajstić information content (AvgIpc) is 2.90. The summed E-state index contributed by atoms with van der Waals surface area (Å²) in [5.74, 6) is 0.868. The van der Waals surface area contributed by atoms with Gasteiger partial charge in [0.2, 0.25) is 0 Å². The van der Waals surface area contributed by atoms with Gasteiger partial charge in [-0.2, -0.15) is 5.10 Å². The molecule has 1 aromatic heterocycles. The van der Waals surface area contributed by atoms with Crippen molar-refractivity contribution in [2.75, 3.05) is 19.5 Å². The van der Waals surface area contributed by atoms with Gasteiger partial charge in [0.05, 0.1) is 26.1 Å². The molecular weight excluding hydrogens is 234 g/mol. The standard InChI is InChI=1S/C12H13N3O3/c1-17-10-3-8(4-11(5-10)18-2)12(16)15-9-6-13-14-7-9/h3-7H,1-2H3,(H,13,14)(H,15,16). The molecule has 1 aromatic carbocycles. The quantitative estimate of drug-likeness (QED) is 0.861. The highest BCUT2D eigenvalue weighted by Crippen LogP contribution is 2.23. The van der Waals surface area contributed by atoms with E-state index in [2.05, 4.69) is 15.5 Å². The van der Waals surface area contributed by atoms with Gasteiger partial charge in [-0.15, -0.1) is 0 Å². The molecule has 6 nitrogen and oxygen atoms in total. The van der Waals surface area contributed by atoms with Gasteiger partial charge < -0.3 is 14.8 Å². The third kappa shape index (κ3) is 2.60. The summed E-state index contributed by atoms with van der Waals surface area (Å²) in [6, 6.07) is 4.98. The Balaban J connectivity index is 2.23. The number of ether oxygens (including phenoxy) is 2. The molecule has 6 heteroatoms. The van der Waals surface area contributed by atoms with Crippen LogP contribution < -0.4 is 14.8 Å². The molecule has 18 heavy (non-hydrogen) atoms. The lowest BCUT2D eigenvalue weighted by atomic mass is 10.2. The van der Waals surface area contributed by atoms with E-state index in [1.165, 1.54) is 20.4 Å². The summed E-state index contributed by atoms with van der Waals surface area (Å²) in [5, 5.41) is 9.06. The Morgan fingerprint density at radius 1 is 1.22 bits per heavy atom. The van der Waals surface area contributed by atoms with Crippen molar-refractivity contribution < 1.29 is 14.3 Å². The van der Waals surface area contributed by atoms with Crippen molar-refractivity contribution >= 4 is 11.6 Å². The maximum atomic E-state index is 12.0. The van der Waals surface area contributed by atoms with Crippen LogP contribution >= 0.6 is 0 Å². The largest absolute Gasteiger partial charge is 0.497 e. The van der Waals surface area contributed by atoms with E-state index in [0.29, 0.717) is 22.7 Å². The second kappa shape index (κ2) is 5.22. The molecule has 0 spiro atoms. The first-order valence-corrected chi connectivity index (χ1v) is 5.26. The van der Waals surface area contributed by atoms with Gasteiger partial charge >= 0.3 is 0 Å². The number of carbonyl (C=O) groups is 1. The van der Waals surface area contributed by atoms with Crippen LogP contribution in [0, 0.1) is 0 Å². The highest BCUT2D eigenvalue weighted by Gasteiger charge is 2.10. The number of hydrogen-bond acceptors (Lipinski definition) is 4. The van der Waals surface area contributed by atoms with E-state index in [1.54, 1.807) is 24.4 Å². The number of nitrogens with one attached hydrogen (secondary N) is 2. The third-order valence-electron chi connectivity index (χ3n) is 2.37. The van der Waals surface area contributed by atoms with Crippen LogP contribution in [0.5, 0.6) is 11.5 Å². The Morgan fingerprint density at radius 3 is 2.39 bits per heavy atom. The average molecular weight is 247 g/mol. The van der Waals surface area contributed by atoms with Crippen LogP contribution in [0.4, 0.5) is 5.69 Å². The number of carbonyl (C=O) groups excluding carboxylic acids is 1. The molecule has 2 N–H and O–H groups in total. The van der Waals surface area contributed by atoms with Crippen molar-refractivity contribution in [2.45, 2.75) is 0 Å². The molecule has 94 valence electrons. The van der Waals surface area contributed by atoms with E-state index < -0.39 is 0 Å². The summed E-state index contributed by atoms with van der Waals surface area (Å²) in [6.45, 7) is 0. The van der Waals surface area contributed by atoms with Gasteiger partial charge in [-0.3, -0.25) is 9.89 Å². The van der Waals surface area contributed by atoms with Crippen LogP contribution in [-0.2, 0) is 0 Å². The van der Waals surface area contributed by atoms with Crippen LogP contribution in [0.3, 0.4) is 0 Å². The summed E-state index contributed by atoms with van der Waals surface area (Å²) in [6.07, 6.45) is 3.12. The van der Waals surface area contributed by atoms with Gasteiger partial charge in [-0.25, -0.2) is 0 Å². The van der Waals surface area contributed by atoms with Crippen LogP contribution in [0.15, 0.2) is 30.6 Å². The van der Waals surface area contributed by atoms with Crippen molar-refractivity contribution in [3.8, 4) is 11.5 Å². The normalized spacial score (nSPS) is 9.89. The fourth-order valence-electron chi connectivity index (χ4n) is 1.46. The minimum absolute atomic E-state index is 0.256. The molecule has 0 aliphatic rings. The minimum atomic E-state index is -0.256. The Bertz CT molecular complexity index is 515. The lowest BCUT2D eigenvalue weighted by Gasteiger charge is -2.08. The Morgan fingerprint density at radius 2 is 1.89 bits per heavy atom. The minimum Gasteiger partial charge on any atom is -0.497 e. The molecule has 1 amide bonds. The lowest BCUT2D eigenvalue weighted by molar-refractivity contribution is 0.102.